The van der Waals surface area contributed by atoms with Crippen LogP contribution in [0.25, 0.3) is 28.0 Å². The summed E-state index contributed by atoms with van der Waals surface area (Å²) in [5.41, 5.74) is 3.74. The fourth-order valence-electron chi connectivity index (χ4n) is 3.36. The van der Waals surface area contributed by atoms with E-state index in [9.17, 15) is 4.79 Å². The second-order valence-corrected chi connectivity index (χ2v) is 5.70. The van der Waals surface area contributed by atoms with E-state index in [-0.39, 0.29) is 12.6 Å². The van der Waals surface area contributed by atoms with E-state index in [4.69, 9.17) is 9.47 Å². The Labute approximate surface area is 132 Å². The minimum absolute atomic E-state index is 0.0435. The van der Waals surface area contributed by atoms with Crippen molar-refractivity contribution < 1.29 is 14.3 Å². The van der Waals surface area contributed by atoms with Gasteiger partial charge in [0.15, 0.2) is 17.3 Å². The lowest BCUT2D eigenvalue weighted by Crippen LogP contribution is -2.04. The zero-order chi connectivity index (χ0) is 15.4. The van der Waals surface area contributed by atoms with Gasteiger partial charge in [0.2, 0.25) is 6.79 Å². The maximum Gasteiger partial charge on any atom is 0.231 e. The van der Waals surface area contributed by atoms with Gasteiger partial charge in [0.05, 0.1) is 0 Å². The molecule has 0 bridgehead atoms. The first-order valence-electron chi connectivity index (χ1n) is 7.49. The Morgan fingerprint density at radius 1 is 0.870 bits per heavy atom. The van der Waals surface area contributed by atoms with E-state index >= 15 is 0 Å². The van der Waals surface area contributed by atoms with Crippen LogP contribution >= 0.6 is 0 Å². The molecule has 0 unspecified atom stereocenters. The van der Waals surface area contributed by atoms with Crippen LogP contribution in [0.3, 0.4) is 0 Å². The van der Waals surface area contributed by atoms with Gasteiger partial charge in [0.1, 0.15) is 0 Å². The van der Waals surface area contributed by atoms with Crippen molar-refractivity contribution in [2.45, 2.75) is 0 Å². The molecule has 0 fully saturated rings. The highest BCUT2D eigenvalue weighted by Crippen LogP contribution is 2.40. The van der Waals surface area contributed by atoms with Crippen molar-refractivity contribution in [3.8, 4) is 22.6 Å². The molecule has 5 rings (SSSR count). The molecule has 110 valence electrons. The molecule has 2 aliphatic rings. The number of ether oxygens (including phenoxy) is 2. The van der Waals surface area contributed by atoms with Crippen LogP contribution in [0.2, 0.25) is 0 Å². The van der Waals surface area contributed by atoms with Crippen molar-refractivity contribution in [1.82, 2.24) is 0 Å². The fraction of sp³-hybridized carbons (Fsp3) is 0.0500. The molecular formula is C20H12O3. The summed E-state index contributed by atoms with van der Waals surface area (Å²) in [6, 6.07) is 16.0. The molecule has 3 aromatic rings. The lowest BCUT2D eigenvalue weighted by atomic mass is 9.86. The molecule has 0 saturated carbocycles. The number of benzene rings is 3. The predicted octanol–water partition coefficient (Wildman–Crippen LogP) is 4.45. The van der Waals surface area contributed by atoms with Crippen LogP contribution in [0.15, 0.2) is 54.6 Å². The lowest BCUT2D eigenvalue weighted by molar-refractivity contribution is 0.104. The van der Waals surface area contributed by atoms with Crippen LogP contribution in [0.4, 0.5) is 0 Å². The Morgan fingerprint density at radius 3 is 2.74 bits per heavy atom. The molecule has 0 spiro atoms. The molecule has 1 heterocycles. The minimum Gasteiger partial charge on any atom is -0.454 e. The molecule has 0 saturated heterocycles. The summed E-state index contributed by atoms with van der Waals surface area (Å²) in [6.45, 7) is 0.245. The number of ketones is 1. The van der Waals surface area contributed by atoms with Gasteiger partial charge in [0.25, 0.3) is 0 Å². The first-order valence-corrected chi connectivity index (χ1v) is 7.49. The van der Waals surface area contributed by atoms with Crippen LogP contribution < -0.4 is 9.47 Å². The second kappa shape index (κ2) is 4.46. The predicted molar refractivity (Wildman–Crippen MR) is 88.9 cm³/mol. The molecule has 3 heteroatoms. The van der Waals surface area contributed by atoms with Gasteiger partial charge in [-0.15, -0.1) is 0 Å². The monoisotopic (exact) mass is 300 g/mol. The van der Waals surface area contributed by atoms with E-state index in [1.807, 2.05) is 48.5 Å². The van der Waals surface area contributed by atoms with Crippen LogP contribution in [0.5, 0.6) is 11.5 Å². The quantitative estimate of drug-likeness (QED) is 0.666. The number of hydrogen-bond acceptors (Lipinski definition) is 3. The van der Waals surface area contributed by atoms with Crippen molar-refractivity contribution in [1.29, 1.82) is 0 Å². The molecular weight excluding hydrogens is 288 g/mol. The van der Waals surface area contributed by atoms with Gasteiger partial charge >= 0.3 is 0 Å². The summed E-state index contributed by atoms with van der Waals surface area (Å²) in [4.78, 5) is 12.6. The van der Waals surface area contributed by atoms with Gasteiger partial charge in [0, 0.05) is 10.9 Å². The van der Waals surface area contributed by atoms with Crippen LogP contribution in [-0.2, 0) is 0 Å². The smallest absolute Gasteiger partial charge is 0.231 e. The lowest BCUT2D eigenvalue weighted by Gasteiger charge is -2.16. The number of hydrogen-bond donors (Lipinski definition) is 0. The summed E-state index contributed by atoms with van der Waals surface area (Å²) in [6.07, 6.45) is 3.54. The van der Waals surface area contributed by atoms with Crippen molar-refractivity contribution in [3.05, 3.63) is 65.7 Å². The first kappa shape index (κ1) is 12.5. The third-order valence-electron chi connectivity index (χ3n) is 4.42. The highest BCUT2D eigenvalue weighted by atomic mass is 16.7. The maximum absolute atomic E-state index is 12.6. The van der Waals surface area contributed by atoms with Gasteiger partial charge in [-0.3, -0.25) is 4.79 Å². The molecule has 3 aromatic carbocycles. The molecule has 0 aromatic heterocycles. The number of rotatable bonds is 1. The molecule has 0 radical (unpaired) electrons. The molecule has 23 heavy (non-hydrogen) atoms. The Kier molecular flexibility index (Phi) is 2.42. The van der Waals surface area contributed by atoms with Gasteiger partial charge < -0.3 is 9.47 Å². The second-order valence-electron chi connectivity index (χ2n) is 5.70. The Hall–Kier alpha value is -3.07. The van der Waals surface area contributed by atoms with E-state index in [2.05, 4.69) is 6.07 Å². The van der Waals surface area contributed by atoms with Crippen molar-refractivity contribution in [2.75, 3.05) is 6.79 Å². The summed E-state index contributed by atoms with van der Waals surface area (Å²) in [5, 5.41) is 2.11. The molecule has 1 aliphatic carbocycles. The van der Waals surface area contributed by atoms with Crippen LogP contribution in [0.1, 0.15) is 15.9 Å². The molecule has 0 atom stereocenters. The number of allylic oxidation sites excluding steroid dienone is 1. The van der Waals surface area contributed by atoms with Gasteiger partial charge in [-0.1, -0.05) is 42.5 Å². The normalized spacial score (nSPS) is 14.5. The highest BCUT2D eigenvalue weighted by molar-refractivity contribution is 6.23. The molecule has 3 nitrogen and oxygen atoms in total. The molecule has 0 N–H and O–H groups in total. The summed E-state index contributed by atoms with van der Waals surface area (Å²) in [5.74, 6) is 1.51. The van der Waals surface area contributed by atoms with Gasteiger partial charge in [-0.25, -0.2) is 0 Å². The zero-order valence-corrected chi connectivity index (χ0v) is 12.2. The third-order valence-corrected chi connectivity index (χ3v) is 4.42. The average molecular weight is 300 g/mol. The SMILES string of the molecule is O=C1C=Cc2cccc3ccc(-c4ccc5c(c4)OCO5)c1c23. The van der Waals surface area contributed by atoms with Crippen molar-refractivity contribution in [2.24, 2.45) is 0 Å². The van der Waals surface area contributed by atoms with Crippen LogP contribution in [-0.4, -0.2) is 12.6 Å². The van der Waals surface area contributed by atoms with E-state index in [1.54, 1.807) is 6.08 Å². The van der Waals surface area contributed by atoms with E-state index in [1.165, 1.54) is 0 Å². The largest absolute Gasteiger partial charge is 0.454 e. The zero-order valence-electron chi connectivity index (χ0n) is 12.2. The number of fused-ring (bicyclic) bond motifs is 1. The first-order chi connectivity index (χ1) is 11.3. The third kappa shape index (κ3) is 1.73. The Balaban J connectivity index is 1.82. The Bertz CT molecular complexity index is 1010. The summed E-state index contributed by atoms with van der Waals surface area (Å²) < 4.78 is 10.8. The summed E-state index contributed by atoms with van der Waals surface area (Å²) in [7, 11) is 0. The van der Waals surface area contributed by atoms with Gasteiger partial charge in [-0.05, 0) is 40.3 Å². The fourth-order valence-corrected chi connectivity index (χ4v) is 3.36. The van der Waals surface area contributed by atoms with Crippen molar-refractivity contribution in [3.63, 3.8) is 0 Å². The van der Waals surface area contributed by atoms with E-state index < -0.39 is 0 Å². The highest BCUT2D eigenvalue weighted by Gasteiger charge is 2.21. The van der Waals surface area contributed by atoms with Gasteiger partial charge in [-0.2, -0.15) is 0 Å². The number of carbonyl (C=O) groups is 1. The minimum atomic E-state index is 0.0435. The molecule has 1 aliphatic heterocycles. The summed E-state index contributed by atoms with van der Waals surface area (Å²) >= 11 is 0. The molecule has 0 amide bonds. The Morgan fingerprint density at radius 2 is 1.78 bits per heavy atom. The van der Waals surface area contributed by atoms with Crippen LogP contribution in [0, 0.1) is 0 Å². The van der Waals surface area contributed by atoms with Crippen molar-refractivity contribution >= 4 is 22.6 Å². The standard InChI is InChI=1S/C20H12O3/c21-16-8-5-13-3-1-2-12-4-7-15(20(16)19(12)13)14-6-9-17-18(10-14)23-11-22-17/h1-10H,11H2. The maximum atomic E-state index is 12.6. The number of carbonyl (C=O) groups excluding carboxylic acids is 1. The van der Waals surface area contributed by atoms with E-state index in [0.717, 1.165) is 44.5 Å². The average Bonchev–Trinajstić information content (AvgIpc) is 3.05. The van der Waals surface area contributed by atoms with E-state index in [0.29, 0.717) is 0 Å². The topological polar surface area (TPSA) is 35.5 Å².